The molecule has 1 aliphatic rings. The molecule has 0 aliphatic carbocycles. The number of fused-ring (bicyclic) bond motifs is 1. The van der Waals surface area contributed by atoms with Crippen LogP contribution in [0.4, 0.5) is 13.2 Å². The van der Waals surface area contributed by atoms with E-state index in [-0.39, 0.29) is 19.6 Å². The number of imidazole rings is 1. The van der Waals surface area contributed by atoms with Gasteiger partial charge in [0.1, 0.15) is 5.82 Å². The second kappa shape index (κ2) is 5.93. The van der Waals surface area contributed by atoms with Gasteiger partial charge in [0.15, 0.2) is 0 Å². The third-order valence-corrected chi connectivity index (χ3v) is 4.67. The smallest absolute Gasteiger partial charge is 0.393 e. The minimum absolute atomic E-state index is 0.149. The van der Waals surface area contributed by atoms with Crippen LogP contribution >= 0.6 is 11.6 Å². The SMILES string of the molecule is Cn1c(CN2C[C@@H](C(F)(F)F)[C@H](C(=O)O)C2)nc2cc(Cl)ccc21. The number of likely N-dealkylation sites (tertiary alicyclic amines) is 1. The van der Waals surface area contributed by atoms with E-state index in [0.29, 0.717) is 16.4 Å². The molecule has 1 N–H and O–H groups in total. The zero-order valence-electron chi connectivity index (χ0n) is 12.7. The summed E-state index contributed by atoms with van der Waals surface area (Å²) >= 11 is 5.92. The van der Waals surface area contributed by atoms with E-state index in [2.05, 4.69) is 4.98 Å². The average Bonchev–Trinajstić information content (AvgIpc) is 3.02. The number of nitrogens with zero attached hydrogens (tertiary/aromatic N) is 3. The van der Waals surface area contributed by atoms with Crippen LogP contribution in [0.15, 0.2) is 18.2 Å². The molecule has 2 aromatic rings. The summed E-state index contributed by atoms with van der Waals surface area (Å²) in [4.78, 5) is 17.0. The summed E-state index contributed by atoms with van der Waals surface area (Å²) in [6, 6.07) is 5.19. The Morgan fingerprint density at radius 1 is 1.42 bits per heavy atom. The molecule has 130 valence electrons. The van der Waals surface area contributed by atoms with Crippen molar-refractivity contribution in [3.05, 3.63) is 29.0 Å². The summed E-state index contributed by atoms with van der Waals surface area (Å²) in [6.45, 7) is -0.340. The van der Waals surface area contributed by atoms with Crippen molar-refractivity contribution in [2.75, 3.05) is 13.1 Å². The Kier molecular flexibility index (Phi) is 4.21. The number of aryl methyl sites for hydroxylation is 1. The molecular weight excluding hydrogens is 347 g/mol. The van der Waals surface area contributed by atoms with Crippen LogP contribution in [-0.2, 0) is 18.4 Å². The number of carboxylic acid groups (broad SMARTS) is 1. The number of carboxylic acids is 1. The maximum atomic E-state index is 13.0. The Morgan fingerprint density at radius 2 is 2.12 bits per heavy atom. The summed E-state index contributed by atoms with van der Waals surface area (Å²) in [5.41, 5.74) is 1.47. The molecule has 0 saturated carbocycles. The summed E-state index contributed by atoms with van der Waals surface area (Å²) in [7, 11) is 1.77. The first kappa shape index (κ1) is 17.0. The quantitative estimate of drug-likeness (QED) is 0.913. The number of alkyl halides is 3. The van der Waals surface area contributed by atoms with Gasteiger partial charge in [-0.25, -0.2) is 4.98 Å². The van der Waals surface area contributed by atoms with Crippen molar-refractivity contribution in [2.45, 2.75) is 12.7 Å². The van der Waals surface area contributed by atoms with Gasteiger partial charge in [-0.1, -0.05) is 11.6 Å². The van der Waals surface area contributed by atoms with Gasteiger partial charge in [-0.3, -0.25) is 9.69 Å². The van der Waals surface area contributed by atoms with Crippen molar-refractivity contribution < 1.29 is 23.1 Å². The molecule has 1 aromatic heterocycles. The number of carbonyl (C=O) groups is 1. The van der Waals surface area contributed by atoms with Crippen LogP contribution in [0.1, 0.15) is 5.82 Å². The second-order valence-electron chi connectivity index (χ2n) is 6.01. The van der Waals surface area contributed by atoms with E-state index in [1.165, 1.54) is 4.90 Å². The number of hydrogen-bond acceptors (Lipinski definition) is 3. The lowest BCUT2D eigenvalue weighted by Gasteiger charge is -2.18. The van der Waals surface area contributed by atoms with Crippen LogP contribution in [0, 0.1) is 11.8 Å². The Morgan fingerprint density at radius 3 is 2.71 bits per heavy atom. The summed E-state index contributed by atoms with van der Waals surface area (Å²) in [5.74, 6) is -4.16. The Bertz CT molecular complexity index is 790. The number of aliphatic carboxylic acids is 1. The highest BCUT2D eigenvalue weighted by Crippen LogP contribution is 2.38. The van der Waals surface area contributed by atoms with E-state index in [1.54, 1.807) is 29.8 Å². The van der Waals surface area contributed by atoms with Gasteiger partial charge in [0, 0.05) is 25.2 Å². The monoisotopic (exact) mass is 361 g/mol. The summed E-state index contributed by atoms with van der Waals surface area (Å²) in [6.07, 6.45) is -4.53. The van der Waals surface area contributed by atoms with E-state index in [0.717, 1.165) is 5.52 Å². The van der Waals surface area contributed by atoms with Crippen molar-refractivity contribution >= 4 is 28.6 Å². The minimum Gasteiger partial charge on any atom is -0.481 e. The first-order chi connectivity index (χ1) is 11.2. The number of benzene rings is 1. The number of aromatic nitrogens is 2. The highest BCUT2D eigenvalue weighted by molar-refractivity contribution is 6.31. The van der Waals surface area contributed by atoms with Gasteiger partial charge in [-0.2, -0.15) is 13.2 Å². The van der Waals surface area contributed by atoms with E-state index in [1.807, 2.05) is 0 Å². The normalized spacial score (nSPS) is 22.4. The predicted molar refractivity (Wildman–Crippen MR) is 81.7 cm³/mol. The minimum atomic E-state index is -4.53. The molecule has 0 bridgehead atoms. The van der Waals surface area contributed by atoms with Crippen molar-refractivity contribution in [3.63, 3.8) is 0 Å². The van der Waals surface area contributed by atoms with E-state index in [9.17, 15) is 18.0 Å². The fourth-order valence-corrected chi connectivity index (χ4v) is 3.33. The van der Waals surface area contributed by atoms with Crippen LogP contribution in [0.25, 0.3) is 11.0 Å². The molecule has 2 heterocycles. The van der Waals surface area contributed by atoms with Gasteiger partial charge in [-0.05, 0) is 18.2 Å². The molecule has 0 amide bonds. The lowest BCUT2D eigenvalue weighted by molar-refractivity contribution is -0.188. The average molecular weight is 362 g/mol. The molecule has 1 aliphatic heterocycles. The van der Waals surface area contributed by atoms with Crippen LogP contribution in [0.5, 0.6) is 0 Å². The molecule has 1 saturated heterocycles. The van der Waals surface area contributed by atoms with Gasteiger partial charge in [-0.15, -0.1) is 0 Å². The Labute approximate surface area is 140 Å². The molecule has 24 heavy (non-hydrogen) atoms. The summed E-state index contributed by atoms with van der Waals surface area (Å²) in [5, 5.41) is 9.59. The van der Waals surface area contributed by atoms with Gasteiger partial charge in [0.05, 0.1) is 29.4 Å². The molecule has 1 aromatic carbocycles. The molecular formula is C15H15ClF3N3O2. The molecule has 0 spiro atoms. The Balaban J connectivity index is 1.84. The van der Waals surface area contributed by atoms with Crippen molar-refractivity contribution in [1.29, 1.82) is 0 Å². The third kappa shape index (κ3) is 3.08. The maximum absolute atomic E-state index is 13.0. The van der Waals surface area contributed by atoms with Gasteiger partial charge < -0.3 is 9.67 Å². The Hall–Kier alpha value is -1.80. The van der Waals surface area contributed by atoms with Crippen LogP contribution < -0.4 is 0 Å². The third-order valence-electron chi connectivity index (χ3n) is 4.43. The van der Waals surface area contributed by atoms with E-state index in [4.69, 9.17) is 16.7 Å². The van der Waals surface area contributed by atoms with Gasteiger partial charge in [0.2, 0.25) is 0 Å². The molecule has 5 nitrogen and oxygen atoms in total. The van der Waals surface area contributed by atoms with Crippen LogP contribution in [-0.4, -0.2) is 44.8 Å². The van der Waals surface area contributed by atoms with Crippen molar-refractivity contribution in [2.24, 2.45) is 18.9 Å². The van der Waals surface area contributed by atoms with Crippen LogP contribution in [0.3, 0.4) is 0 Å². The van der Waals surface area contributed by atoms with Crippen molar-refractivity contribution in [3.8, 4) is 0 Å². The molecule has 9 heteroatoms. The highest BCUT2D eigenvalue weighted by Gasteiger charge is 2.52. The van der Waals surface area contributed by atoms with Gasteiger partial charge >= 0.3 is 12.1 Å². The zero-order chi connectivity index (χ0) is 17.6. The van der Waals surface area contributed by atoms with E-state index >= 15 is 0 Å². The second-order valence-corrected chi connectivity index (χ2v) is 6.44. The lowest BCUT2D eigenvalue weighted by Crippen LogP contribution is -2.33. The topological polar surface area (TPSA) is 58.4 Å². The molecule has 0 radical (unpaired) electrons. The highest BCUT2D eigenvalue weighted by atomic mass is 35.5. The largest absolute Gasteiger partial charge is 0.481 e. The first-order valence-electron chi connectivity index (χ1n) is 7.29. The molecule has 3 rings (SSSR count). The fraction of sp³-hybridized carbons (Fsp3) is 0.467. The maximum Gasteiger partial charge on any atom is 0.393 e. The molecule has 0 unspecified atom stereocenters. The van der Waals surface area contributed by atoms with Crippen molar-refractivity contribution in [1.82, 2.24) is 14.5 Å². The predicted octanol–water partition coefficient (Wildman–Crippen LogP) is 2.92. The standard InChI is InChI=1S/C15H15ClF3N3O2/c1-21-12-3-2-8(16)4-11(12)20-13(21)7-22-5-9(14(23)24)10(6-22)15(17,18)19/h2-4,9-10H,5-7H2,1H3,(H,23,24)/t9-,10-/m1/s1. The molecule has 2 atom stereocenters. The van der Waals surface area contributed by atoms with Gasteiger partial charge in [0.25, 0.3) is 0 Å². The first-order valence-corrected chi connectivity index (χ1v) is 7.67. The fourth-order valence-electron chi connectivity index (χ4n) is 3.16. The number of rotatable bonds is 3. The van der Waals surface area contributed by atoms with Crippen LogP contribution in [0.2, 0.25) is 5.02 Å². The molecule has 1 fully saturated rings. The lowest BCUT2D eigenvalue weighted by atomic mass is 9.96. The zero-order valence-corrected chi connectivity index (χ0v) is 13.5. The summed E-state index contributed by atoms with van der Waals surface area (Å²) < 4.78 is 40.9. The van der Waals surface area contributed by atoms with E-state index < -0.39 is 24.0 Å². The number of hydrogen-bond donors (Lipinski definition) is 1. The number of halogens is 4.